The van der Waals surface area contributed by atoms with Gasteiger partial charge in [-0.15, -0.1) is 0 Å². The molecule has 1 aliphatic heterocycles. The number of aromatic nitrogens is 2. The van der Waals surface area contributed by atoms with E-state index >= 15 is 0 Å². The summed E-state index contributed by atoms with van der Waals surface area (Å²) in [6.45, 7) is 2.27. The van der Waals surface area contributed by atoms with Gasteiger partial charge in [-0.3, -0.25) is 4.79 Å². The molecule has 1 saturated heterocycles. The number of benzene rings is 1. The molecule has 0 unspecified atom stereocenters. The predicted molar refractivity (Wildman–Crippen MR) is 98.6 cm³/mol. The third-order valence-electron chi connectivity index (χ3n) is 4.28. The molecule has 0 bridgehead atoms. The third-order valence-corrected chi connectivity index (χ3v) is 6.19. The van der Waals surface area contributed by atoms with Gasteiger partial charge in [0, 0.05) is 31.7 Å². The molecule has 1 N–H and O–H groups in total. The molecule has 1 amide bonds. The van der Waals surface area contributed by atoms with E-state index in [0.29, 0.717) is 31.7 Å². The van der Waals surface area contributed by atoms with Crippen LogP contribution in [0.15, 0.2) is 33.7 Å². The maximum absolute atomic E-state index is 12.5. The van der Waals surface area contributed by atoms with Gasteiger partial charge in [0.2, 0.25) is 15.8 Å². The standard InChI is InChI=1S/C17H23N5O4S/c1-21(2)12-9-18-16(23)17-19-15(20-26-17)13-5-7-14(8-6-13)27(24,25)22-10-3-4-11-22/h5-8H,3-4,9-12H2,1-2H3,(H,18,23). The van der Waals surface area contributed by atoms with Crippen LogP contribution in [0, 0.1) is 0 Å². The van der Waals surface area contributed by atoms with Crippen molar-refractivity contribution in [3.8, 4) is 11.4 Å². The van der Waals surface area contributed by atoms with Crippen LogP contribution in [0.2, 0.25) is 0 Å². The Labute approximate surface area is 158 Å². The second-order valence-electron chi connectivity index (χ2n) is 6.62. The fraction of sp³-hybridized carbons (Fsp3) is 0.471. The van der Waals surface area contributed by atoms with Gasteiger partial charge in [0.1, 0.15) is 0 Å². The monoisotopic (exact) mass is 393 g/mol. The van der Waals surface area contributed by atoms with Gasteiger partial charge in [-0.05, 0) is 51.2 Å². The van der Waals surface area contributed by atoms with Crippen molar-refractivity contribution in [3.05, 3.63) is 30.2 Å². The molecule has 3 rings (SSSR count). The molecule has 1 aromatic carbocycles. The van der Waals surface area contributed by atoms with Gasteiger partial charge < -0.3 is 14.7 Å². The van der Waals surface area contributed by atoms with Crippen molar-refractivity contribution in [2.24, 2.45) is 0 Å². The molecule has 9 nitrogen and oxygen atoms in total. The molecule has 2 aromatic rings. The highest BCUT2D eigenvalue weighted by Gasteiger charge is 2.27. The normalized spacial score (nSPS) is 15.4. The lowest BCUT2D eigenvalue weighted by atomic mass is 10.2. The minimum absolute atomic E-state index is 0.127. The number of carbonyl (C=O) groups is 1. The summed E-state index contributed by atoms with van der Waals surface area (Å²) < 4.78 is 31.6. The van der Waals surface area contributed by atoms with Crippen molar-refractivity contribution in [1.29, 1.82) is 0 Å². The fourth-order valence-electron chi connectivity index (χ4n) is 2.76. The lowest BCUT2D eigenvalue weighted by molar-refractivity contribution is 0.0907. The van der Waals surface area contributed by atoms with Crippen molar-refractivity contribution in [2.75, 3.05) is 40.3 Å². The summed E-state index contributed by atoms with van der Waals surface area (Å²) in [7, 11) is 0.352. The molecule has 146 valence electrons. The Bertz CT molecular complexity index is 886. The van der Waals surface area contributed by atoms with Crippen LogP contribution < -0.4 is 5.32 Å². The molecule has 0 aliphatic carbocycles. The second-order valence-corrected chi connectivity index (χ2v) is 8.56. The maximum Gasteiger partial charge on any atom is 0.316 e. The number of hydrogen-bond donors (Lipinski definition) is 1. The Morgan fingerprint density at radius 2 is 1.89 bits per heavy atom. The molecule has 10 heteroatoms. The fourth-order valence-corrected chi connectivity index (χ4v) is 4.27. The molecule has 2 heterocycles. The first-order chi connectivity index (χ1) is 12.9. The SMILES string of the molecule is CN(C)CCNC(=O)c1nc(-c2ccc(S(=O)(=O)N3CCCC3)cc2)no1. The lowest BCUT2D eigenvalue weighted by Crippen LogP contribution is -2.31. The molecule has 1 aliphatic rings. The van der Waals surface area contributed by atoms with Crippen LogP contribution in [0.4, 0.5) is 0 Å². The highest BCUT2D eigenvalue weighted by atomic mass is 32.2. The van der Waals surface area contributed by atoms with Crippen LogP contribution in [0.5, 0.6) is 0 Å². The number of sulfonamides is 1. The smallest absolute Gasteiger partial charge is 0.316 e. The number of likely N-dealkylation sites (N-methyl/N-ethyl adjacent to an activating group) is 1. The summed E-state index contributed by atoms with van der Waals surface area (Å²) in [6, 6.07) is 6.27. The highest BCUT2D eigenvalue weighted by Crippen LogP contribution is 2.23. The molecular weight excluding hydrogens is 370 g/mol. The Kier molecular flexibility index (Phi) is 5.88. The van der Waals surface area contributed by atoms with Gasteiger partial charge in [0.05, 0.1) is 4.90 Å². The Morgan fingerprint density at radius 3 is 2.52 bits per heavy atom. The van der Waals surface area contributed by atoms with E-state index < -0.39 is 15.9 Å². The summed E-state index contributed by atoms with van der Waals surface area (Å²) in [5.41, 5.74) is 0.575. The van der Waals surface area contributed by atoms with Crippen molar-refractivity contribution < 1.29 is 17.7 Å². The van der Waals surface area contributed by atoms with Crippen LogP contribution in [-0.2, 0) is 10.0 Å². The summed E-state index contributed by atoms with van der Waals surface area (Å²) in [5, 5.41) is 6.50. The van der Waals surface area contributed by atoms with Crippen molar-refractivity contribution in [3.63, 3.8) is 0 Å². The molecule has 0 spiro atoms. The molecule has 27 heavy (non-hydrogen) atoms. The summed E-state index contributed by atoms with van der Waals surface area (Å²) in [5.74, 6) is -0.334. The number of rotatable bonds is 7. The zero-order valence-corrected chi connectivity index (χ0v) is 16.2. The van der Waals surface area contributed by atoms with Crippen LogP contribution in [-0.4, -0.2) is 73.9 Å². The minimum atomic E-state index is -3.46. The van der Waals surface area contributed by atoms with Crippen molar-refractivity contribution in [2.45, 2.75) is 17.7 Å². The number of hydrogen-bond acceptors (Lipinski definition) is 7. The summed E-state index contributed by atoms with van der Waals surface area (Å²) in [4.78, 5) is 18.3. The zero-order valence-electron chi connectivity index (χ0n) is 15.4. The molecule has 0 atom stereocenters. The average Bonchev–Trinajstić information content (AvgIpc) is 3.34. The second kappa shape index (κ2) is 8.15. The minimum Gasteiger partial charge on any atom is -0.347 e. The Balaban J connectivity index is 1.69. The first-order valence-corrected chi connectivity index (χ1v) is 10.2. The maximum atomic E-state index is 12.5. The number of nitrogens with zero attached hydrogens (tertiary/aromatic N) is 4. The van der Waals surface area contributed by atoms with Gasteiger partial charge in [-0.25, -0.2) is 8.42 Å². The Morgan fingerprint density at radius 1 is 1.22 bits per heavy atom. The van der Waals surface area contributed by atoms with E-state index in [2.05, 4.69) is 15.5 Å². The molecular formula is C17H23N5O4S. The molecule has 0 saturated carbocycles. The lowest BCUT2D eigenvalue weighted by Gasteiger charge is -2.15. The van der Waals surface area contributed by atoms with E-state index in [1.54, 1.807) is 12.1 Å². The first kappa shape index (κ1) is 19.5. The molecule has 0 radical (unpaired) electrons. The van der Waals surface area contributed by atoms with Crippen LogP contribution in [0.1, 0.15) is 23.5 Å². The van der Waals surface area contributed by atoms with Crippen molar-refractivity contribution in [1.82, 2.24) is 24.7 Å². The van der Waals surface area contributed by atoms with Crippen LogP contribution in [0.25, 0.3) is 11.4 Å². The van der Waals surface area contributed by atoms with Gasteiger partial charge in [0.15, 0.2) is 0 Å². The predicted octanol–water partition coefficient (Wildman–Crippen LogP) is 0.813. The van der Waals surface area contributed by atoms with Crippen LogP contribution >= 0.6 is 0 Å². The van der Waals surface area contributed by atoms with E-state index in [1.165, 1.54) is 16.4 Å². The topological polar surface area (TPSA) is 109 Å². The quantitative estimate of drug-likeness (QED) is 0.741. The summed E-state index contributed by atoms with van der Waals surface area (Å²) in [6.07, 6.45) is 1.78. The van der Waals surface area contributed by atoms with Crippen molar-refractivity contribution >= 4 is 15.9 Å². The van der Waals surface area contributed by atoms with Gasteiger partial charge in [-0.2, -0.15) is 9.29 Å². The molecule has 1 aromatic heterocycles. The van der Waals surface area contributed by atoms with Gasteiger partial charge >= 0.3 is 11.8 Å². The molecule has 1 fully saturated rings. The third kappa shape index (κ3) is 4.52. The van der Waals surface area contributed by atoms with Gasteiger partial charge in [-0.1, -0.05) is 5.16 Å². The van der Waals surface area contributed by atoms with E-state index in [1.807, 2.05) is 19.0 Å². The summed E-state index contributed by atoms with van der Waals surface area (Å²) >= 11 is 0. The van der Waals surface area contributed by atoms with Gasteiger partial charge in [0.25, 0.3) is 0 Å². The number of nitrogens with one attached hydrogen (secondary N) is 1. The van der Waals surface area contributed by atoms with Crippen LogP contribution in [0.3, 0.4) is 0 Å². The first-order valence-electron chi connectivity index (χ1n) is 8.75. The largest absolute Gasteiger partial charge is 0.347 e. The highest BCUT2D eigenvalue weighted by molar-refractivity contribution is 7.89. The number of amides is 1. The zero-order chi connectivity index (χ0) is 19.4. The number of carbonyl (C=O) groups excluding carboxylic acids is 1. The van der Waals surface area contributed by atoms with E-state index in [9.17, 15) is 13.2 Å². The van der Waals surface area contributed by atoms with E-state index in [0.717, 1.165) is 12.8 Å². The van der Waals surface area contributed by atoms with E-state index in [-0.39, 0.29) is 16.6 Å². The Hall–Kier alpha value is -2.30. The van der Waals surface area contributed by atoms with E-state index in [4.69, 9.17) is 4.52 Å². The average molecular weight is 393 g/mol.